The zero-order valence-electron chi connectivity index (χ0n) is 19.8. The highest BCUT2D eigenvalue weighted by Gasteiger charge is 2.34. The Balaban J connectivity index is 1.47. The Bertz CT molecular complexity index is 1210. The van der Waals surface area contributed by atoms with Gasteiger partial charge in [0.25, 0.3) is 12.3 Å². The summed E-state index contributed by atoms with van der Waals surface area (Å²) in [6.07, 6.45) is -2.33. The fourth-order valence-electron chi connectivity index (χ4n) is 3.88. The number of amides is 1. The van der Waals surface area contributed by atoms with E-state index in [9.17, 15) is 26.7 Å². The lowest BCUT2D eigenvalue weighted by molar-refractivity contribution is -0.145. The lowest BCUT2D eigenvalue weighted by Crippen LogP contribution is -2.40. The summed E-state index contributed by atoms with van der Waals surface area (Å²) in [7, 11) is 0. The number of benzene rings is 1. The molecule has 0 radical (unpaired) electrons. The highest BCUT2D eigenvalue weighted by atomic mass is 32.1. The first-order valence-corrected chi connectivity index (χ1v) is 12.3. The van der Waals surface area contributed by atoms with Crippen LogP contribution in [0.4, 0.5) is 22.0 Å². The number of aromatic nitrogens is 3. The first-order valence-electron chi connectivity index (χ1n) is 11.5. The summed E-state index contributed by atoms with van der Waals surface area (Å²) in [5.74, 6) is -1.27. The van der Waals surface area contributed by atoms with E-state index in [4.69, 9.17) is 4.74 Å². The van der Waals surface area contributed by atoms with Crippen LogP contribution in [0.3, 0.4) is 0 Å². The predicted octanol–water partition coefficient (Wildman–Crippen LogP) is 4.97. The number of nitrogens with one attached hydrogen (secondary N) is 1. The zero-order valence-corrected chi connectivity index (χ0v) is 20.6. The highest BCUT2D eigenvalue weighted by molar-refractivity contribution is 7.14. The molecule has 0 aliphatic carbocycles. The molecular formula is C24H24F5N5O2S. The number of carbonyl (C=O) groups is 1. The Morgan fingerprint density at radius 1 is 1.14 bits per heavy atom. The molecule has 1 saturated heterocycles. The number of carbonyl (C=O) groups excluding carboxylic acids is 1. The number of piperidine rings is 1. The zero-order chi connectivity index (χ0) is 26.6. The van der Waals surface area contributed by atoms with E-state index < -0.39 is 24.3 Å². The van der Waals surface area contributed by atoms with E-state index in [2.05, 4.69) is 20.3 Å². The molecule has 37 heavy (non-hydrogen) atoms. The van der Waals surface area contributed by atoms with E-state index in [-0.39, 0.29) is 24.8 Å². The smallest absolute Gasteiger partial charge is 0.451 e. The van der Waals surface area contributed by atoms with Gasteiger partial charge >= 0.3 is 6.18 Å². The van der Waals surface area contributed by atoms with Gasteiger partial charge in [0.05, 0.1) is 6.54 Å². The molecule has 13 heteroatoms. The summed E-state index contributed by atoms with van der Waals surface area (Å²) in [5, 5.41) is 3.36. The molecule has 1 aliphatic rings. The van der Waals surface area contributed by atoms with Crippen LogP contribution in [0.25, 0.3) is 10.6 Å². The molecular weight excluding hydrogens is 517 g/mol. The van der Waals surface area contributed by atoms with E-state index in [0.29, 0.717) is 47.8 Å². The van der Waals surface area contributed by atoms with E-state index in [0.717, 1.165) is 17.3 Å². The Morgan fingerprint density at radius 3 is 2.43 bits per heavy atom. The molecule has 0 atom stereocenters. The third-order valence-corrected chi connectivity index (χ3v) is 6.64. The van der Waals surface area contributed by atoms with Gasteiger partial charge in [-0.15, -0.1) is 11.3 Å². The Morgan fingerprint density at radius 2 is 1.84 bits per heavy atom. The lowest BCUT2D eigenvalue weighted by atomic mass is 10.1. The van der Waals surface area contributed by atoms with Gasteiger partial charge < -0.3 is 10.1 Å². The summed E-state index contributed by atoms with van der Waals surface area (Å²) in [6.45, 7) is 2.55. The minimum Gasteiger partial charge on any atom is -0.490 e. The number of rotatable bonds is 8. The Kier molecular flexibility index (Phi) is 8.32. The maximum atomic E-state index is 12.9. The highest BCUT2D eigenvalue weighted by Crippen LogP contribution is 2.31. The molecule has 1 amide bonds. The van der Waals surface area contributed by atoms with Crippen molar-refractivity contribution in [2.24, 2.45) is 0 Å². The van der Waals surface area contributed by atoms with E-state index in [1.54, 1.807) is 29.3 Å². The molecule has 7 nitrogen and oxygen atoms in total. The third kappa shape index (κ3) is 7.41. The maximum absolute atomic E-state index is 12.9. The van der Waals surface area contributed by atoms with Crippen molar-refractivity contribution in [2.45, 2.75) is 45.0 Å². The monoisotopic (exact) mass is 541 g/mol. The van der Waals surface area contributed by atoms with Gasteiger partial charge in [0.1, 0.15) is 16.9 Å². The lowest BCUT2D eigenvalue weighted by Gasteiger charge is -2.32. The predicted molar refractivity (Wildman–Crippen MR) is 127 cm³/mol. The first kappa shape index (κ1) is 26.9. The van der Waals surface area contributed by atoms with Gasteiger partial charge in [-0.1, -0.05) is 0 Å². The standard InChI is InChI=1S/C24H24F5N5O2S/c1-14-9-31-22(37-14)17-6-16(21(35)30-10-15-11-32-23(33-12-15)24(27,28)29)7-19(8-17)36-18-2-4-34(5-3-18)13-20(25)26/h6-9,11-12,18,20H,2-5,10,13H2,1H3,(H,30,35). The van der Waals surface area contributed by atoms with Crippen molar-refractivity contribution in [3.8, 4) is 16.3 Å². The van der Waals surface area contributed by atoms with Crippen LogP contribution in [0, 0.1) is 6.92 Å². The van der Waals surface area contributed by atoms with Crippen molar-refractivity contribution in [2.75, 3.05) is 19.6 Å². The molecule has 0 spiro atoms. The van der Waals surface area contributed by atoms with Crippen LogP contribution in [-0.4, -0.2) is 57.9 Å². The first-order chi connectivity index (χ1) is 17.6. The van der Waals surface area contributed by atoms with Gasteiger partial charge in [0.2, 0.25) is 5.82 Å². The number of thiazole rings is 1. The maximum Gasteiger partial charge on any atom is 0.451 e. The van der Waals surface area contributed by atoms with Gasteiger partial charge in [-0.25, -0.2) is 23.7 Å². The van der Waals surface area contributed by atoms with Crippen molar-refractivity contribution in [1.29, 1.82) is 0 Å². The average molecular weight is 542 g/mol. The molecule has 4 rings (SSSR count). The number of ether oxygens (including phenoxy) is 1. The third-order valence-electron chi connectivity index (χ3n) is 5.68. The Hall–Kier alpha value is -3.19. The van der Waals surface area contributed by atoms with Crippen molar-refractivity contribution >= 4 is 17.2 Å². The fourth-order valence-corrected chi connectivity index (χ4v) is 4.64. The summed E-state index contributed by atoms with van der Waals surface area (Å²) >= 11 is 1.45. The Labute approximate surface area is 213 Å². The van der Waals surface area contributed by atoms with Crippen LogP contribution in [0.2, 0.25) is 0 Å². The van der Waals surface area contributed by atoms with Crippen molar-refractivity contribution in [3.63, 3.8) is 0 Å². The summed E-state index contributed by atoms with van der Waals surface area (Å²) in [5.41, 5.74) is 1.26. The van der Waals surface area contributed by atoms with Gasteiger partial charge in [0.15, 0.2) is 0 Å². The van der Waals surface area contributed by atoms with Gasteiger partial charge in [-0.2, -0.15) is 13.2 Å². The fraction of sp³-hybridized carbons (Fsp3) is 0.417. The molecule has 1 N–H and O–H groups in total. The molecule has 0 unspecified atom stereocenters. The van der Waals surface area contributed by atoms with Crippen molar-refractivity contribution in [3.05, 3.63) is 58.6 Å². The second-order valence-corrected chi connectivity index (χ2v) is 9.86. The number of aryl methyl sites for hydroxylation is 1. The van der Waals surface area contributed by atoms with Crippen LogP contribution in [0.5, 0.6) is 5.75 Å². The molecule has 0 bridgehead atoms. The second kappa shape index (κ2) is 11.5. The van der Waals surface area contributed by atoms with Crippen molar-refractivity contribution < 1.29 is 31.5 Å². The summed E-state index contributed by atoms with van der Waals surface area (Å²) in [4.78, 5) is 26.6. The van der Waals surface area contributed by atoms with Gasteiger partial charge in [-0.3, -0.25) is 9.69 Å². The van der Waals surface area contributed by atoms with Crippen molar-refractivity contribution in [1.82, 2.24) is 25.2 Å². The van der Waals surface area contributed by atoms with Crippen LogP contribution in [-0.2, 0) is 12.7 Å². The van der Waals surface area contributed by atoms with Gasteiger partial charge in [0, 0.05) is 59.8 Å². The van der Waals surface area contributed by atoms with E-state index in [1.807, 2.05) is 6.92 Å². The largest absolute Gasteiger partial charge is 0.490 e. The molecule has 2 aromatic heterocycles. The molecule has 3 aromatic rings. The van der Waals surface area contributed by atoms with E-state index in [1.165, 1.54) is 11.3 Å². The van der Waals surface area contributed by atoms with Crippen LogP contribution < -0.4 is 10.1 Å². The molecule has 198 valence electrons. The number of nitrogens with zero attached hydrogens (tertiary/aromatic N) is 4. The SMILES string of the molecule is Cc1cnc(-c2cc(OC3CCN(CC(F)F)CC3)cc(C(=O)NCc3cnc(C(F)(F)F)nc3)c2)s1. The molecule has 1 aliphatic heterocycles. The van der Waals surface area contributed by atoms with Crippen LogP contribution in [0.15, 0.2) is 36.8 Å². The number of hydrogen-bond acceptors (Lipinski definition) is 7. The minimum atomic E-state index is -4.65. The molecule has 0 saturated carbocycles. The van der Waals surface area contributed by atoms with E-state index >= 15 is 0 Å². The molecule has 1 fully saturated rings. The number of likely N-dealkylation sites (tertiary alicyclic amines) is 1. The average Bonchev–Trinajstić information content (AvgIpc) is 3.29. The van der Waals surface area contributed by atoms with Crippen LogP contribution in [0.1, 0.15) is 39.5 Å². The number of hydrogen-bond donors (Lipinski definition) is 1. The molecule has 1 aromatic carbocycles. The van der Waals surface area contributed by atoms with Gasteiger partial charge in [-0.05, 0) is 38.0 Å². The number of halogens is 5. The normalized spacial score (nSPS) is 15.2. The quantitative estimate of drug-likeness (QED) is 0.406. The number of alkyl halides is 5. The minimum absolute atomic E-state index is 0.0731. The topological polar surface area (TPSA) is 80.2 Å². The summed E-state index contributed by atoms with van der Waals surface area (Å²) < 4.78 is 69.4. The summed E-state index contributed by atoms with van der Waals surface area (Å²) in [6, 6.07) is 5.02. The van der Waals surface area contributed by atoms with Crippen LogP contribution >= 0.6 is 11.3 Å². The molecule has 3 heterocycles. The second-order valence-electron chi connectivity index (χ2n) is 8.63.